The molecule has 0 bridgehead atoms. The topological polar surface area (TPSA) is 78.7 Å². The number of benzene rings is 4. The minimum Gasteiger partial charge on any atom is -0.488 e. The summed E-state index contributed by atoms with van der Waals surface area (Å²) >= 11 is 1.67. The largest absolute Gasteiger partial charge is 0.488 e. The summed E-state index contributed by atoms with van der Waals surface area (Å²) in [6.07, 6.45) is 0. The number of non-ortho nitro benzene ring substituents is 1. The third-order valence-electron chi connectivity index (χ3n) is 7.45. The summed E-state index contributed by atoms with van der Waals surface area (Å²) < 4.78 is 11.8. The number of hydrogen-bond acceptors (Lipinski definition) is 6. The first kappa shape index (κ1) is 31.5. The predicted octanol–water partition coefficient (Wildman–Crippen LogP) is 9.61. The second-order valence-electron chi connectivity index (χ2n) is 12.9. The smallest absolute Gasteiger partial charge is 0.390 e. The van der Waals surface area contributed by atoms with Gasteiger partial charge in [-0.25, -0.2) is 4.79 Å². The van der Waals surface area contributed by atoms with Crippen molar-refractivity contribution in [1.29, 1.82) is 0 Å². The molecule has 7 heteroatoms. The first-order valence-corrected chi connectivity index (χ1v) is 15.5. The van der Waals surface area contributed by atoms with Crippen LogP contribution in [0.2, 0.25) is 0 Å². The van der Waals surface area contributed by atoms with Crippen molar-refractivity contribution in [3.63, 3.8) is 0 Å². The molecule has 0 saturated heterocycles. The van der Waals surface area contributed by atoms with Crippen LogP contribution in [-0.4, -0.2) is 10.9 Å². The maximum absolute atomic E-state index is 12.7. The van der Waals surface area contributed by atoms with Gasteiger partial charge in [-0.2, -0.15) is 0 Å². The van der Waals surface area contributed by atoms with Gasteiger partial charge in [0.05, 0.1) is 10.5 Å². The van der Waals surface area contributed by atoms with Gasteiger partial charge in [0, 0.05) is 28.3 Å². The zero-order valence-electron chi connectivity index (χ0n) is 26.3. The van der Waals surface area contributed by atoms with E-state index in [0.717, 1.165) is 26.8 Å². The van der Waals surface area contributed by atoms with Gasteiger partial charge in [-0.15, -0.1) is 11.3 Å². The van der Waals surface area contributed by atoms with E-state index in [9.17, 15) is 14.9 Å². The van der Waals surface area contributed by atoms with Crippen LogP contribution in [0.1, 0.15) is 63.8 Å². The molecular formula is C38H35NO5S. The molecule has 45 heavy (non-hydrogen) atoms. The average molecular weight is 618 g/mol. The Balaban J connectivity index is 1.50. The van der Waals surface area contributed by atoms with Gasteiger partial charge >= 0.3 is 5.97 Å². The van der Waals surface area contributed by atoms with Crippen LogP contribution in [0.3, 0.4) is 0 Å². The summed E-state index contributed by atoms with van der Waals surface area (Å²) in [6, 6.07) is 26.1. The Morgan fingerprint density at radius 3 is 2.16 bits per heavy atom. The van der Waals surface area contributed by atoms with Crippen LogP contribution in [0.5, 0.6) is 11.5 Å². The van der Waals surface area contributed by atoms with Gasteiger partial charge in [0.25, 0.3) is 5.69 Å². The second kappa shape index (κ2) is 12.6. The van der Waals surface area contributed by atoms with Crippen molar-refractivity contribution in [3.8, 4) is 33.8 Å². The molecule has 0 N–H and O–H groups in total. The molecule has 0 aliphatic rings. The van der Waals surface area contributed by atoms with Crippen molar-refractivity contribution in [2.75, 3.05) is 0 Å². The standard InChI is InChI=1S/C38H35NO5S/c1-37(2,3)28-20-25(21-29(23-28)38(4,5)6)24-43-34-17-10-26-22-27(35-8-7-19-45-35)9-15-32(26)33(34)16-18-36(40)44-31-13-11-30(12-14-31)39(41)42/h7-15,17,19-23H,24H2,1-6H3. The molecule has 5 rings (SSSR count). The minimum atomic E-state index is -0.783. The Morgan fingerprint density at radius 2 is 1.56 bits per heavy atom. The van der Waals surface area contributed by atoms with E-state index in [4.69, 9.17) is 9.47 Å². The number of esters is 1. The van der Waals surface area contributed by atoms with Gasteiger partial charge < -0.3 is 9.47 Å². The Hall–Kier alpha value is -4.93. The maximum atomic E-state index is 12.7. The second-order valence-corrected chi connectivity index (χ2v) is 13.9. The Labute approximate surface area is 267 Å². The van der Waals surface area contributed by atoms with E-state index in [1.807, 2.05) is 35.7 Å². The number of carbonyl (C=O) groups is 1. The van der Waals surface area contributed by atoms with Crippen LogP contribution in [0.25, 0.3) is 21.2 Å². The van der Waals surface area contributed by atoms with Gasteiger partial charge in [0.1, 0.15) is 18.1 Å². The Bertz CT molecular complexity index is 1900. The lowest BCUT2D eigenvalue weighted by molar-refractivity contribution is -0.384. The average Bonchev–Trinajstić information content (AvgIpc) is 3.53. The van der Waals surface area contributed by atoms with Crippen LogP contribution in [0.15, 0.2) is 90.3 Å². The fourth-order valence-electron chi connectivity index (χ4n) is 4.84. The lowest BCUT2D eigenvalue weighted by Gasteiger charge is -2.26. The zero-order valence-corrected chi connectivity index (χ0v) is 27.1. The van der Waals surface area contributed by atoms with Gasteiger partial charge in [-0.05, 0) is 74.2 Å². The fraction of sp³-hybridized carbons (Fsp3) is 0.237. The normalized spacial score (nSPS) is 11.5. The molecule has 6 nitrogen and oxygen atoms in total. The molecule has 0 unspecified atom stereocenters. The number of carbonyl (C=O) groups excluding carboxylic acids is 1. The van der Waals surface area contributed by atoms with Gasteiger partial charge in [0.2, 0.25) is 0 Å². The van der Waals surface area contributed by atoms with E-state index >= 15 is 0 Å². The van der Waals surface area contributed by atoms with Crippen molar-refractivity contribution in [3.05, 3.63) is 123 Å². The Kier molecular flexibility index (Phi) is 8.81. The van der Waals surface area contributed by atoms with E-state index in [-0.39, 0.29) is 22.3 Å². The van der Waals surface area contributed by atoms with Gasteiger partial charge in [-0.1, -0.05) is 89.9 Å². The summed E-state index contributed by atoms with van der Waals surface area (Å²) in [5.74, 6) is 5.55. The molecular weight excluding hydrogens is 582 g/mol. The molecule has 0 atom stereocenters. The lowest BCUT2D eigenvalue weighted by atomic mass is 9.79. The number of hydrogen-bond donors (Lipinski definition) is 0. The van der Waals surface area contributed by atoms with Crippen molar-refractivity contribution < 1.29 is 19.2 Å². The summed E-state index contributed by atoms with van der Waals surface area (Å²) in [6.45, 7) is 13.6. The maximum Gasteiger partial charge on any atom is 0.390 e. The van der Waals surface area contributed by atoms with E-state index in [1.54, 1.807) is 11.3 Å². The summed E-state index contributed by atoms with van der Waals surface area (Å²) in [5, 5.41) is 14.8. The molecule has 228 valence electrons. The molecule has 1 aromatic heterocycles. The van der Waals surface area contributed by atoms with E-state index < -0.39 is 10.9 Å². The lowest BCUT2D eigenvalue weighted by Crippen LogP contribution is -2.17. The zero-order chi connectivity index (χ0) is 32.4. The van der Waals surface area contributed by atoms with Crippen molar-refractivity contribution in [2.45, 2.75) is 59.0 Å². The van der Waals surface area contributed by atoms with Crippen LogP contribution in [0.4, 0.5) is 5.69 Å². The highest BCUT2D eigenvalue weighted by molar-refractivity contribution is 7.13. The molecule has 0 radical (unpaired) electrons. The molecule has 0 aliphatic carbocycles. The van der Waals surface area contributed by atoms with Crippen LogP contribution < -0.4 is 9.47 Å². The molecule has 4 aromatic carbocycles. The molecule has 5 aromatic rings. The van der Waals surface area contributed by atoms with Gasteiger partial charge in [0.15, 0.2) is 0 Å². The summed E-state index contributed by atoms with van der Waals surface area (Å²) in [4.78, 5) is 24.3. The third kappa shape index (κ3) is 7.60. The number of nitro groups is 1. The molecule has 0 fully saturated rings. The van der Waals surface area contributed by atoms with E-state index in [2.05, 4.69) is 83.7 Å². The molecule has 1 heterocycles. The first-order valence-electron chi connectivity index (χ1n) is 14.6. The van der Waals surface area contributed by atoms with Crippen LogP contribution >= 0.6 is 11.3 Å². The van der Waals surface area contributed by atoms with Crippen LogP contribution in [-0.2, 0) is 22.2 Å². The number of nitro benzene ring substituents is 1. The van der Waals surface area contributed by atoms with Crippen molar-refractivity contribution in [1.82, 2.24) is 0 Å². The third-order valence-corrected chi connectivity index (χ3v) is 8.37. The fourth-order valence-corrected chi connectivity index (χ4v) is 5.56. The molecule has 0 spiro atoms. The van der Waals surface area contributed by atoms with E-state index in [0.29, 0.717) is 17.9 Å². The van der Waals surface area contributed by atoms with Crippen LogP contribution in [0, 0.1) is 22.0 Å². The van der Waals surface area contributed by atoms with Crippen molar-refractivity contribution >= 4 is 33.8 Å². The summed E-state index contributed by atoms with van der Waals surface area (Å²) in [7, 11) is 0. The highest BCUT2D eigenvalue weighted by atomic mass is 32.1. The number of fused-ring (bicyclic) bond motifs is 1. The van der Waals surface area contributed by atoms with Gasteiger partial charge in [-0.3, -0.25) is 10.1 Å². The quantitative estimate of drug-likeness (QED) is 0.0623. The number of rotatable bonds is 6. The monoisotopic (exact) mass is 617 g/mol. The Morgan fingerprint density at radius 1 is 0.867 bits per heavy atom. The highest BCUT2D eigenvalue weighted by Crippen LogP contribution is 2.34. The van der Waals surface area contributed by atoms with E-state index in [1.165, 1.54) is 35.4 Å². The molecule has 0 saturated carbocycles. The minimum absolute atomic E-state index is 0.0279. The summed E-state index contributed by atoms with van der Waals surface area (Å²) in [5.41, 5.74) is 5.05. The predicted molar refractivity (Wildman–Crippen MR) is 181 cm³/mol. The van der Waals surface area contributed by atoms with Crippen molar-refractivity contribution in [2.24, 2.45) is 0 Å². The first-order chi connectivity index (χ1) is 21.3. The highest BCUT2D eigenvalue weighted by Gasteiger charge is 2.21. The number of thiophene rings is 1. The number of nitrogens with zero attached hydrogens (tertiary/aromatic N) is 1. The molecule has 0 aliphatic heterocycles. The number of ether oxygens (including phenoxy) is 2. The molecule has 0 amide bonds. The SMILES string of the molecule is CC(C)(C)c1cc(COc2ccc3cc(-c4cccs4)ccc3c2C#CC(=O)Oc2ccc([N+](=O)[O-])cc2)cc(C(C)(C)C)c1.